The molecular formula is C18H18BrNO2. The molecule has 114 valence electrons. The molecule has 1 aliphatic heterocycles. The van der Waals surface area contributed by atoms with Gasteiger partial charge in [-0.1, -0.05) is 58.4 Å². The molecule has 0 N–H and O–H groups in total. The fraction of sp³-hybridized carbons (Fsp3) is 0.278. The van der Waals surface area contributed by atoms with Crippen LogP contribution >= 0.6 is 15.9 Å². The van der Waals surface area contributed by atoms with Crippen molar-refractivity contribution in [3.63, 3.8) is 0 Å². The first-order chi connectivity index (χ1) is 10.6. The highest BCUT2D eigenvalue weighted by atomic mass is 79.9. The van der Waals surface area contributed by atoms with E-state index in [9.17, 15) is 4.79 Å². The minimum atomic E-state index is -0.537. The smallest absolute Gasteiger partial charge is 0.318 e. The summed E-state index contributed by atoms with van der Waals surface area (Å²) in [6, 6.07) is 18.3. The highest BCUT2D eigenvalue weighted by Gasteiger charge is 2.51. The van der Waals surface area contributed by atoms with Crippen LogP contribution in [0.1, 0.15) is 11.1 Å². The van der Waals surface area contributed by atoms with Gasteiger partial charge in [-0.05, 0) is 23.3 Å². The fourth-order valence-electron chi connectivity index (χ4n) is 3.06. The van der Waals surface area contributed by atoms with Crippen molar-refractivity contribution < 1.29 is 9.53 Å². The third-order valence-corrected chi connectivity index (χ3v) is 4.74. The van der Waals surface area contributed by atoms with E-state index in [1.165, 1.54) is 12.7 Å². The van der Waals surface area contributed by atoms with Gasteiger partial charge in [-0.2, -0.15) is 0 Å². The Labute approximate surface area is 139 Å². The lowest BCUT2D eigenvalue weighted by Crippen LogP contribution is -2.63. The summed E-state index contributed by atoms with van der Waals surface area (Å²) >= 11 is 3.44. The van der Waals surface area contributed by atoms with Crippen LogP contribution in [0, 0.1) is 0 Å². The van der Waals surface area contributed by atoms with Crippen molar-refractivity contribution in [1.29, 1.82) is 0 Å². The third kappa shape index (κ3) is 2.81. The van der Waals surface area contributed by atoms with E-state index >= 15 is 0 Å². The van der Waals surface area contributed by atoms with Crippen LogP contribution in [-0.4, -0.2) is 31.1 Å². The van der Waals surface area contributed by atoms with Crippen LogP contribution in [0.4, 0.5) is 0 Å². The minimum Gasteiger partial charge on any atom is -0.468 e. The molecule has 4 heteroatoms. The van der Waals surface area contributed by atoms with Gasteiger partial charge in [0, 0.05) is 24.1 Å². The highest BCUT2D eigenvalue weighted by molar-refractivity contribution is 9.10. The van der Waals surface area contributed by atoms with Crippen LogP contribution < -0.4 is 0 Å². The Bertz CT molecular complexity index is 649. The lowest BCUT2D eigenvalue weighted by Gasteiger charge is -2.48. The van der Waals surface area contributed by atoms with Crippen LogP contribution in [0.3, 0.4) is 0 Å². The number of benzene rings is 2. The van der Waals surface area contributed by atoms with Crippen LogP contribution in [0.5, 0.6) is 0 Å². The average Bonchev–Trinajstić information content (AvgIpc) is 2.52. The first-order valence-electron chi connectivity index (χ1n) is 7.25. The molecule has 3 rings (SSSR count). The van der Waals surface area contributed by atoms with E-state index in [1.807, 2.05) is 42.5 Å². The number of hydrogen-bond donors (Lipinski definition) is 0. The molecule has 2 aromatic rings. The SMILES string of the molecule is COC(=O)C1(c2ccc(Br)cc2)CN(Cc2ccccc2)C1. The van der Waals surface area contributed by atoms with Gasteiger partial charge in [0.2, 0.25) is 0 Å². The number of ether oxygens (including phenoxy) is 1. The zero-order valence-corrected chi connectivity index (χ0v) is 14.0. The maximum atomic E-state index is 12.3. The van der Waals surface area contributed by atoms with Gasteiger partial charge in [0.15, 0.2) is 0 Å². The van der Waals surface area contributed by atoms with E-state index in [-0.39, 0.29) is 5.97 Å². The fourth-order valence-corrected chi connectivity index (χ4v) is 3.33. The number of rotatable bonds is 4. The van der Waals surface area contributed by atoms with Gasteiger partial charge in [0.1, 0.15) is 5.41 Å². The molecule has 0 amide bonds. The Balaban J connectivity index is 1.77. The predicted molar refractivity (Wildman–Crippen MR) is 89.6 cm³/mol. The summed E-state index contributed by atoms with van der Waals surface area (Å²) in [5.74, 6) is -0.154. The first kappa shape index (κ1) is 15.3. The molecule has 1 saturated heterocycles. The van der Waals surface area contributed by atoms with Gasteiger partial charge in [-0.15, -0.1) is 0 Å². The van der Waals surface area contributed by atoms with Crippen molar-refractivity contribution in [2.45, 2.75) is 12.0 Å². The van der Waals surface area contributed by atoms with E-state index in [0.717, 1.165) is 16.6 Å². The number of halogens is 1. The van der Waals surface area contributed by atoms with E-state index < -0.39 is 5.41 Å². The Morgan fingerprint density at radius 1 is 1.14 bits per heavy atom. The molecule has 3 nitrogen and oxygen atoms in total. The molecule has 0 aromatic heterocycles. The van der Waals surface area contributed by atoms with E-state index in [4.69, 9.17) is 4.74 Å². The third-order valence-electron chi connectivity index (χ3n) is 4.21. The van der Waals surface area contributed by atoms with Crippen LogP contribution in [-0.2, 0) is 21.5 Å². The molecule has 0 aliphatic carbocycles. The van der Waals surface area contributed by atoms with E-state index in [1.54, 1.807) is 0 Å². The summed E-state index contributed by atoms with van der Waals surface area (Å²) in [6.07, 6.45) is 0. The Morgan fingerprint density at radius 2 is 1.77 bits per heavy atom. The second-order valence-electron chi connectivity index (χ2n) is 5.71. The summed E-state index contributed by atoms with van der Waals surface area (Å²) in [6.45, 7) is 2.24. The molecule has 22 heavy (non-hydrogen) atoms. The quantitative estimate of drug-likeness (QED) is 0.783. The van der Waals surface area contributed by atoms with Crippen molar-refractivity contribution in [3.05, 3.63) is 70.2 Å². The second kappa shape index (κ2) is 6.23. The predicted octanol–water partition coefficient (Wildman–Crippen LogP) is 3.38. The topological polar surface area (TPSA) is 29.5 Å². The summed E-state index contributed by atoms with van der Waals surface area (Å²) in [5.41, 5.74) is 1.74. The van der Waals surface area contributed by atoms with Crippen molar-refractivity contribution in [3.8, 4) is 0 Å². The summed E-state index contributed by atoms with van der Waals surface area (Å²) in [4.78, 5) is 14.6. The Morgan fingerprint density at radius 3 is 2.36 bits per heavy atom. The van der Waals surface area contributed by atoms with Gasteiger partial charge in [-0.25, -0.2) is 0 Å². The lowest BCUT2D eigenvalue weighted by atomic mass is 9.73. The summed E-state index contributed by atoms with van der Waals surface area (Å²) in [7, 11) is 1.46. The summed E-state index contributed by atoms with van der Waals surface area (Å²) < 4.78 is 6.07. The van der Waals surface area contributed by atoms with E-state index in [2.05, 4.69) is 33.0 Å². The molecule has 0 bridgehead atoms. The van der Waals surface area contributed by atoms with Gasteiger partial charge >= 0.3 is 5.97 Å². The normalized spacial score (nSPS) is 16.8. The van der Waals surface area contributed by atoms with Crippen LogP contribution in [0.25, 0.3) is 0 Å². The van der Waals surface area contributed by atoms with Crippen molar-refractivity contribution in [1.82, 2.24) is 4.90 Å². The first-order valence-corrected chi connectivity index (χ1v) is 8.04. The molecular weight excluding hydrogens is 342 g/mol. The van der Waals surface area contributed by atoms with Crippen LogP contribution in [0.2, 0.25) is 0 Å². The molecule has 2 aromatic carbocycles. The number of nitrogens with zero attached hydrogens (tertiary/aromatic N) is 1. The minimum absolute atomic E-state index is 0.154. The molecule has 0 atom stereocenters. The van der Waals surface area contributed by atoms with E-state index in [0.29, 0.717) is 13.1 Å². The average molecular weight is 360 g/mol. The lowest BCUT2D eigenvalue weighted by molar-refractivity contribution is -0.155. The zero-order chi connectivity index (χ0) is 15.6. The van der Waals surface area contributed by atoms with Crippen molar-refractivity contribution in [2.24, 2.45) is 0 Å². The zero-order valence-electron chi connectivity index (χ0n) is 12.5. The van der Waals surface area contributed by atoms with Crippen molar-refractivity contribution in [2.75, 3.05) is 20.2 Å². The van der Waals surface area contributed by atoms with Crippen molar-refractivity contribution >= 4 is 21.9 Å². The number of esters is 1. The number of carbonyl (C=O) groups is 1. The maximum absolute atomic E-state index is 12.3. The standard InChI is InChI=1S/C18H18BrNO2/c1-22-17(21)18(15-7-9-16(19)10-8-15)12-20(13-18)11-14-5-3-2-4-6-14/h2-10H,11-13H2,1H3. The van der Waals surface area contributed by atoms with Crippen LogP contribution in [0.15, 0.2) is 59.1 Å². The Kier molecular flexibility index (Phi) is 4.32. The van der Waals surface area contributed by atoms with Gasteiger partial charge < -0.3 is 4.74 Å². The molecule has 1 fully saturated rings. The largest absolute Gasteiger partial charge is 0.468 e. The number of carbonyl (C=O) groups excluding carboxylic acids is 1. The van der Waals surface area contributed by atoms with Gasteiger partial charge in [0.05, 0.1) is 7.11 Å². The maximum Gasteiger partial charge on any atom is 0.318 e. The molecule has 0 radical (unpaired) electrons. The number of likely N-dealkylation sites (tertiary alicyclic amines) is 1. The molecule has 1 aliphatic rings. The molecule has 0 unspecified atom stereocenters. The molecule has 0 saturated carbocycles. The number of hydrogen-bond acceptors (Lipinski definition) is 3. The van der Waals surface area contributed by atoms with Gasteiger partial charge in [0.25, 0.3) is 0 Å². The number of methoxy groups -OCH3 is 1. The second-order valence-corrected chi connectivity index (χ2v) is 6.63. The van der Waals surface area contributed by atoms with Gasteiger partial charge in [-0.3, -0.25) is 9.69 Å². The highest BCUT2D eigenvalue weighted by Crippen LogP contribution is 2.37. The molecule has 0 spiro atoms. The summed E-state index contributed by atoms with van der Waals surface area (Å²) in [5, 5.41) is 0. The Hall–Kier alpha value is -1.65. The monoisotopic (exact) mass is 359 g/mol. The molecule has 1 heterocycles.